The van der Waals surface area contributed by atoms with Crippen LogP contribution in [0.1, 0.15) is 178 Å². The van der Waals surface area contributed by atoms with Gasteiger partial charge in [-0.1, -0.05) is 64.8 Å². The molecule has 0 unspecified atom stereocenters. The summed E-state index contributed by atoms with van der Waals surface area (Å²) in [6.45, 7) is 11.0. The first kappa shape index (κ1) is 58.0. The summed E-state index contributed by atoms with van der Waals surface area (Å²) in [4.78, 5) is 86.8. The molecule has 5 heterocycles. The number of aryl methyl sites for hydroxylation is 2. The molecule has 4 aliphatic heterocycles. The number of carbonyl (C=O) groups excluding carboxylic acids is 6. The van der Waals surface area contributed by atoms with Gasteiger partial charge in [-0.2, -0.15) is 0 Å². The molecule has 4 N–H and O–H groups in total. The monoisotopic (exact) mass is 1090 g/mol. The molecule has 1 aromatic heterocycles. The van der Waals surface area contributed by atoms with Crippen molar-refractivity contribution in [2.75, 3.05) is 6.61 Å². The van der Waals surface area contributed by atoms with Crippen molar-refractivity contribution in [1.29, 1.82) is 0 Å². The van der Waals surface area contributed by atoms with Crippen LogP contribution in [0.4, 0.5) is 9.59 Å². The number of ether oxygens (including phenoxy) is 3. The zero-order chi connectivity index (χ0) is 56.4. The van der Waals surface area contributed by atoms with Crippen LogP contribution in [0.3, 0.4) is 0 Å². The van der Waals surface area contributed by atoms with Crippen molar-refractivity contribution in [3.05, 3.63) is 93.1 Å². The number of nitrogens with zero attached hydrogens (tertiary/aromatic N) is 8. The number of terminal acetylenes is 1. The van der Waals surface area contributed by atoms with Crippen LogP contribution < -0.4 is 21.3 Å². The van der Waals surface area contributed by atoms with Crippen LogP contribution in [0, 0.1) is 12.3 Å². The molecule has 0 bridgehead atoms. The van der Waals surface area contributed by atoms with Crippen molar-refractivity contribution in [2.24, 2.45) is 5.11 Å². The van der Waals surface area contributed by atoms with E-state index in [1.807, 2.05) is 30.5 Å². The fourth-order valence-electron chi connectivity index (χ4n) is 12.3. The highest BCUT2D eigenvalue weighted by molar-refractivity contribution is 5.93. The van der Waals surface area contributed by atoms with E-state index in [1.54, 1.807) is 56.0 Å². The van der Waals surface area contributed by atoms with E-state index in [0.29, 0.717) is 69.9 Å². The molecule has 424 valence electrons. The first-order valence-electron chi connectivity index (χ1n) is 28.1. The molecule has 6 amide bonds. The van der Waals surface area contributed by atoms with E-state index >= 15 is 0 Å². The van der Waals surface area contributed by atoms with Crippen LogP contribution in [-0.4, -0.2) is 121 Å². The van der Waals surface area contributed by atoms with E-state index in [0.717, 1.165) is 49.7 Å². The molecule has 6 aliphatic rings. The largest absolute Gasteiger partial charge is 0.444 e. The molecule has 0 spiro atoms. The lowest BCUT2D eigenvalue weighted by atomic mass is 9.87. The first-order chi connectivity index (χ1) is 37.8. The summed E-state index contributed by atoms with van der Waals surface area (Å²) in [5.74, 6) is 1.57. The van der Waals surface area contributed by atoms with Gasteiger partial charge >= 0.3 is 12.2 Å². The summed E-state index contributed by atoms with van der Waals surface area (Å²) in [5.41, 5.74) is 13.1. The van der Waals surface area contributed by atoms with Gasteiger partial charge in [0.25, 0.3) is 0 Å². The van der Waals surface area contributed by atoms with Gasteiger partial charge in [0.15, 0.2) is 0 Å². The SMILES string of the molecule is C#CCOCc1cn([C@H]2CC[C@H](NC(=O)OC(C)(C)C)C(=O)N3[C@H](CC[C@H]3C(=O)N[C@@H]3CCCc4ccccc43)C2)nn1.CC(C)(C)OC(=O)N[C@H]1CC[C@H](N=[N+]=[N-])C[C@H]2CC[C@@H](C(=O)N[C@@H]3CCCc4ccccc43)N2C1=O. The van der Waals surface area contributed by atoms with E-state index < -0.39 is 47.6 Å². The van der Waals surface area contributed by atoms with Crippen LogP contribution in [0.5, 0.6) is 0 Å². The van der Waals surface area contributed by atoms with Crippen molar-refractivity contribution >= 4 is 35.8 Å². The Bertz CT molecular complexity index is 2780. The number of alkyl carbamates (subject to hydrolysis) is 2. The molecule has 2 aromatic carbocycles. The molecule has 9 rings (SSSR count). The Morgan fingerprint density at radius 2 is 1.16 bits per heavy atom. The lowest BCUT2D eigenvalue weighted by molar-refractivity contribution is -0.143. The fraction of sp³-hybridized carbons (Fsp3) is 0.621. The van der Waals surface area contributed by atoms with Gasteiger partial charge in [0.2, 0.25) is 23.6 Å². The molecule has 0 radical (unpaired) electrons. The average Bonchev–Trinajstić information content (AvgIpc) is 4.20. The third-order valence-electron chi connectivity index (χ3n) is 15.7. The second kappa shape index (κ2) is 25.7. The summed E-state index contributed by atoms with van der Waals surface area (Å²) in [5, 5.41) is 24.5. The smallest absolute Gasteiger partial charge is 0.408 e. The molecule has 21 heteroatoms. The van der Waals surface area contributed by atoms with Gasteiger partial charge in [0.05, 0.1) is 30.9 Å². The van der Waals surface area contributed by atoms with Gasteiger partial charge in [-0.05, 0) is 172 Å². The van der Waals surface area contributed by atoms with E-state index in [1.165, 1.54) is 11.1 Å². The molecule has 2 aliphatic carbocycles. The Morgan fingerprint density at radius 1 is 0.671 bits per heavy atom. The number of benzene rings is 2. The first-order valence-corrected chi connectivity index (χ1v) is 28.1. The summed E-state index contributed by atoms with van der Waals surface area (Å²) in [6, 6.07) is 12.4. The Labute approximate surface area is 463 Å². The fourth-order valence-corrected chi connectivity index (χ4v) is 12.3. The summed E-state index contributed by atoms with van der Waals surface area (Å²) in [7, 11) is 0. The van der Waals surface area contributed by atoms with Crippen molar-refractivity contribution < 1.29 is 43.0 Å². The lowest BCUT2D eigenvalue weighted by Crippen LogP contribution is -2.57. The van der Waals surface area contributed by atoms with E-state index in [4.69, 9.17) is 26.2 Å². The number of aromatic nitrogens is 3. The summed E-state index contributed by atoms with van der Waals surface area (Å²) in [6.07, 6.45) is 16.7. The maximum absolute atomic E-state index is 14.1. The summed E-state index contributed by atoms with van der Waals surface area (Å²) >= 11 is 0. The van der Waals surface area contributed by atoms with Gasteiger partial charge in [-0.3, -0.25) is 19.2 Å². The zero-order valence-corrected chi connectivity index (χ0v) is 46.5. The summed E-state index contributed by atoms with van der Waals surface area (Å²) < 4.78 is 18.1. The van der Waals surface area contributed by atoms with Crippen LogP contribution in [0.25, 0.3) is 10.4 Å². The molecule has 4 saturated heterocycles. The number of rotatable bonds is 11. The number of amides is 6. The minimum Gasteiger partial charge on any atom is -0.444 e. The Morgan fingerprint density at radius 3 is 1.67 bits per heavy atom. The Balaban J connectivity index is 0.000000211. The van der Waals surface area contributed by atoms with Crippen molar-refractivity contribution in [3.63, 3.8) is 0 Å². The molecule has 0 saturated carbocycles. The molecule has 4 fully saturated rings. The van der Waals surface area contributed by atoms with E-state index in [2.05, 4.69) is 71.8 Å². The van der Waals surface area contributed by atoms with Crippen molar-refractivity contribution in [3.8, 4) is 12.3 Å². The number of nitrogens with one attached hydrogen (secondary N) is 4. The number of azide groups is 1. The van der Waals surface area contributed by atoms with Gasteiger partial charge < -0.3 is 45.3 Å². The van der Waals surface area contributed by atoms with Gasteiger partial charge in [0, 0.05) is 23.0 Å². The van der Waals surface area contributed by atoms with Crippen molar-refractivity contribution in [2.45, 2.75) is 223 Å². The molecule has 3 aromatic rings. The highest BCUT2D eigenvalue weighted by atomic mass is 16.6. The lowest BCUT2D eigenvalue weighted by Gasteiger charge is -2.38. The number of fused-ring (bicyclic) bond motifs is 4. The topological polar surface area (TPSA) is 264 Å². The highest BCUT2D eigenvalue weighted by Crippen LogP contribution is 2.38. The van der Waals surface area contributed by atoms with Gasteiger partial charge in [-0.25, -0.2) is 14.3 Å². The highest BCUT2D eigenvalue weighted by Gasteiger charge is 2.48. The maximum Gasteiger partial charge on any atom is 0.408 e. The number of hydrogen-bond acceptors (Lipinski definition) is 12. The Kier molecular flexibility index (Phi) is 18.9. The molecule has 10 atom stereocenters. The van der Waals surface area contributed by atoms with Gasteiger partial charge in [0.1, 0.15) is 47.7 Å². The third kappa shape index (κ3) is 14.9. The Hall–Kier alpha value is -7.17. The van der Waals surface area contributed by atoms with Crippen LogP contribution in [-0.2, 0) is 52.8 Å². The van der Waals surface area contributed by atoms with E-state index in [-0.39, 0.29) is 73.1 Å². The molecule has 79 heavy (non-hydrogen) atoms. The normalized spacial score (nSPS) is 26.6. The predicted octanol–water partition coefficient (Wildman–Crippen LogP) is 7.90. The van der Waals surface area contributed by atoms with Crippen LogP contribution in [0.15, 0.2) is 59.8 Å². The predicted molar refractivity (Wildman–Crippen MR) is 292 cm³/mol. The molecule has 21 nitrogen and oxygen atoms in total. The standard InChI is InChI=1S/C32H42N6O5.C26H36N6O4/c1-5-17-42-20-22-19-37(36-35-22)23-13-15-27(34-31(41)43-32(2,3)4)30(40)38-24(18-23)14-16-28(38)29(39)33-26-12-8-10-21-9-6-7-11-25(21)26;1-26(2,3)36-25(35)29-21-13-11-17(30-31-27)15-18-12-14-22(32(18)24(21)34)23(33)28-20-10-6-8-16-7-4-5-9-19(16)20/h1,6-7,9,11,19,23-24,26-28H,8,10,12-18,20H2,2-4H3,(H,33,39)(H,34,41);4-5,7,9,17-18,20-22H,6,8,10-15H2,1-3H3,(H,28,33)(H,29,35)/t23-,24+,26+,27-,28-;17-,18+,20+,21-,22-/m00/s1. The zero-order valence-electron chi connectivity index (χ0n) is 46.5. The van der Waals surface area contributed by atoms with E-state index in [9.17, 15) is 28.8 Å². The number of hydrogen-bond donors (Lipinski definition) is 4. The second-order valence-corrected chi connectivity index (χ2v) is 23.7. The third-order valence-corrected chi connectivity index (χ3v) is 15.7. The van der Waals surface area contributed by atoms with Gasteiger partial charge in [-0.15, -0.1) is 11.5 Å². The van der Waals surface area contributed by atoms with Crippen molar-refractivity contribution in [1.82, 2.24) is 46.1 Å². The quantitative estimate of drug-likeness (QED) is 0.0471. The molecular weight excluding hydrogens is 1010 g/mol. The van der Waals surface area contributed by atoms with Crippen LogP contribution >= 0.6 is 0 Å². The number of carbonyl (C=O) groups is 6. The molecular formula is C58H78N12O9. The second-order valence-electron chi connectivity index (χ2n) is 23.7. The maximum atomic E-state index is 14.1. The minimum absolute atomic E-state index is 0.0852. The minimum atomic E-state index is -0.858. The average molecular weight is 1090 g/mol. The van der Waals surface area contributed by atoms with Crippen LogP contribution in [0.2, 0.25) is 0 Å².